The molecule has 4 nitrogen and oxygen atoms in total. The standard InChI is InChI=1S/C12H16N2O2.ClH/c15-12(14-11-6-7-13-8-11)16-9-10-4-2-1-3-5-10;/h1-5,11,13H,6-9H2,(H,14,15);1H/t11-;/m1./s1. The van der Waals surface area contributed by atoms with E-state index < -0.39 is 0 Å². The number of benzene rings is 1. The van der Waals surface area contributed by atoms with Gasteiger partial charge in [0, 0.05) is 12.6 Å². The molecule has 0 aromatic heterocycles. The van der Waals surface area contributed by atoms with Crippen molar-refractivity contribution in [2.45, 2.75) is 19.1 Å². The molecule has 0 unspecified atom stereocenters. The molecule has 1 fully saturated rings. The highest BCUT2D eigenvalue weighted by Gasteiger charge is 2.16. The zero-order chi connectivity index (χ0) is 11.2. The summed E-state index contributed by atoms with van der Waals surface area (Å²) in [6, 6.07) is 9.88. The van der Waals surface area contributed by atoms with Gasteiger partial charge in [0.15, 0.2) is 0 Å². The lowest BCUT2D eigenvalue weighted by molar-refractivity contribution is 0.136. The Labute approximate surface area is 107 Å². The van der Waals surface area contributed by atoms with Crippen LogP contribution in [0.3, 0.4) is 0 Å². The van der Waals surface area contributed by atoms with Crippen LogP contribution in [-0.4, -0.2) is 25.2 Å². The van der Waals surface area contributed by atoms with Crippen molar-refractivity contribution in [3.8, 4) is 0 Å². The Morgan fingerprint density at radius 3 is 2.82 bits per heavy atom. The fraction of sp³-hybridized carbons (Fsp3) is 0.417. The highest BCUT2D eigenvalue weighted by atomic mass is 35.5. The molecule has 1 saturated heterocycles. The number of halogens is 1. The van der Waals surface area contributed by atoms with E-state index >= 15 is 0 Å². The largest absolute Gasteiger partial charge is 0.445 e. The Hall–Kier alpha value is -1.26. The molecule has 2 rings (SSSR count). The average molecular weight is 257 g/mol. The minimum absolute atomic E-state index is 0. The number of hydrogen-bond donors (Lipinski definition) is 2. The van der Waals surface area contributed by atoms with E-state index in [4.69, 9.17) is 4.74 Å². The number of alkyl carbamates (subject to hydrolysis) is 1. The molecule has 0 spiro atoms. The minimum atomic E-state index is -0.336. The van der Waals surface area contributed by atoms with Gasteiger partial charge in [0.1, 0.15) is 6.61 Å². The van der Waals surface area contributed by atoms with Crippen LogP contribution in [-0.2, 0) is 11.3 Å². The van der Waals surface area contributed by atoms with Crippen molar-refractivity contribution in [1.29, 1.82) is 0 Å². The van der Waals surface area contributed by atoms with E-state index in [9.17, 15) is 4.79 Å². The highest BCUT2D eigenvalue weighted by Crippen LogP contribution is 2.02. The van der Waals surface area contributed by atoms with Gasteiger partial charge < -0.3 is 15.4 Å². The number of nitrogens with one attached hydrogen (secondary N) is 2. The quantitative estimate of drug-likeness (QED) is 0.866. The second-order valence-corrected chi connectivity index (χ2v) is 3.90. The summed E-state index contributed by atoms with van der Waals surface area (Å²) in [6.45, 7) is 2.12. The van der Waals surface area contributed by atoms with Gasteiger partial charge in [-0.1, -0.05) is 30.3 Å². The van der Waals surface area contributed by atoms with Crippen LogP contribution in [0, 0.1) is 0 Å². The van der Waals surface area contributed by atoms with Crippen molar-refractivity contribution in [2.75, 3.05) is 13.1 Å². The highest BCUT2D eigenvalue weighted by molar-refractivity contribution is 5.85. The number of carbonyl (C=O) groups is 1. The summed E-state index contributed by atoms with van der Waals surface area (Å²) >= 11 is 0. The molecular formula is C12H17ClN2O2. The summed E-state index contributed by atoms with van der Waals surface area (Å²) in [5, 5.41) is 6.01. The molecule has 5 heteroatoms. The lowest BCUT2D eigenvalue weighted by atomic mass is 10.2. The molecule has 1 aromatic rings. The maximum absolute atomic E-state index is 11.4. The second kappa shape index (κ2) is 7.14. The van der Waals surface area contributed by atoms with Crippen LogP contribution in [0.4, 0.5) is 4.79 Å². The first kappa shape index (κ1) is 13.8. The molecule has 2 N–H and O–H groups in total. The summed E-state index contributed by atoms with van der Waals surface area (Å²) in [5.74, 6) is 0. The zero-order valence-corrected chi connectivity index (χ0v) is 10.3. The molecule has 0 saturated carbocycles. The van der Waals surface area contributed by atoms with Gasteiger partial charge in [0.2, 0.25) is 0 Å². The molecule has 0 aliphatic carbocycles. The van der Waals surface area contributed by atoms with E-state index in [1.165, 1.54) is 0 Å². The monoisotopic (exact) mass is 256 g/mol. The SMILES string of the molecule is Cl.O=C(N[C@@H]1CCNC1)OCc1ccccc1. The van der Waals surface area contributed by atoms with Crippen molar-refractivity contribution >= 4 is 18.5 Å². The first-order chi connectivity index (χ1) is 7.84. The van der Waals surface area contributed by atoms with E-state index in [2.05, 4.69) is 10.6 Å². The third kappa shape index (κ3) is 4.63. The van der Waals surface area contributed by atoms with Crippen LogP contribution in [0.25, 0.3) is 0 Å². The third-order valence-corrected chi connectivity index (χ3v) is 2.60. The molecule has 0 bridgehead atoms. The topological polar surface area (TPSA) is 50.4 Å². The van der Waals surface area contributed by atoms with Crippen molar-refractivity contribution < 1.29 is 9.53 Å². The van der Waals surface area contributed by atoms with Crippen molar-refractivity contribution in [2.24, 2.45) is 0 Å². The maximum Gasteiger partial charge on any atom is 0.407 e. The Morgan fingerprint density at radius 1 is 1.41 bits per heavy atom. The van der Waals surface area contributed by atoms with Crippen LogP contribution < -0.4 is 10.6 Å². The lowest BCUT2D eigenvalue weighted by Gasteiger charge is -2.11. The molecular weight excluding hydrogens is 240 g/mol. The van der Waals surface area contributed by atoms with Crippen LogP contribution >= 0.6 is 12.4 Å². The first-order valence-corrected chi connectivity index (χ1v) is 5.52. The zero-order valence-electron chi connectivity index (χ0n) is 9.52. The number of hydrogen-bond acceptors (Lipinski definition) is 3. The Kier molecular flexibility index (Phi) is 5.80. The Balaban J connectivity index is 0.00000144. The van der Waals surface area contributed by atoms with E-state index in [0.717, 1.165) is 25.1 Å². The molecule has 94 valence electrons. The molecule has 1 aromatic carbocycles. The molecule has 1 aliphatic heterocycles. The van der Waals surface area contributed by atoms with Crippen molar-refractivity contribution in [3.63, 3.8) is 0 Å². The van der Waals surface area contributed by atoms with Gasteiger partial charge in [-0.2, -0.15) is 0 Å². The molecule has 1 heterocycles. The van der Waals surface area contributed by atoms with Crippen LogP contribution in [0.2, 0.25) is 0 Å². The predicted molar refractivity (Wildman–Crippen MR) is 68.3 cm³/mol. The number of rotatable bonds is 3. The second-order valence-electron chi connectivity index (χ2n) is 3.90. The number of ether oxygens (including phenoxy) is 1. The molecule has 17 heavy (non-hydrogen) atoms. The van der Waals surface area contributed by atoms with Gasteiger partial charge in [-0.05, 0) is 18.5 Å². The maximum atomic E-state index is 11.4. The fourth-order valence-corrected chi connectivity index (χ4v) is 1.71. The smallest absolute Gasteiger partial charge is 0.407 e. The van der Waals surface area contributed by atoms with E-state index in [-0.39, 0.29) is 24.5 Å². The van der Waals surface area contributed by atoms with Gasteiger partial charge in [-0.15, -0.1) is 12.4 Å². The molecule has 1 amide bonds. The van der Waals surface area contributed by atoms with Crippen molar-refractivity contribution in [3.05, 3.63) is 35.9 Å². The summed E-state index contributed by atoms with van der Waals surface area (Å²) in [7, 11) is 0. The summed E-state index contributed by atoms with van der Waals surface area (Å²) in [4.78, 5) is 11.4. The summed E-state index contributed by atoms with van der Waals surface area (Å²) in [6.07, 6.45) is 0.637. The molecule has 1 aliphatic rings. The Bertz CT molecular complexity index is 340. The van der Waals surface area contributed by atoms with Crippen LogP contribution in [0.1, 0.15) is 12.0 Å². The number of amides is 1. The number of carbonyl (C=O) groups excluding carboxylic acids is 1. The molecule has 1 atom stereocenters. The first-order valence-electron chi connectivity index (χ1n) is 5.52. The van der Waals surface area contributed by atoms with Gasteiger partial charge >= 0.3 is 6.09 Å². The average Bonchev–Trinajstić information content (AvgIpc) is 2.81. The van der Waals surface area contributed by atoms with Crippen LogP contribution in [0.5, 0.6) is 0 Å². The van der Waals surface area contributed by atoms with E-state index in [1.807, 2.05) is 30.3 Å². The molecule has 0 radical (unpaired) electrons. The van der Waals surface area contributed by atoms with Gasteiger partial charge in [0.25, 0.3) is 0 Å². The summed E-state index contributed by atoms with van der Waals surface area (Å²) in [5.41, 5.74) is 1.00. The summed E-state index contributed by atoms with van der Waals surface area (Å²) < 4.78 is 5.11. The van der Waals surface area contributed by atoms with Gasteiger partial charge in [0.05, 0.1) is 0 Å². The lowest BCUT2D eigenvalue weighted by Crippen LogP contribution is -2.36. The van der Waals surface area contributed by atoms with Crippen molar-refractivity contribution in [1.82, 2.24) is 10.6 Å². The van der Waals surface area contributed by atoms with E-state index in [1.54, 1.807) is 0 Å². The van der Waals surface area contributed by atoms with Gasteiger partial charge in [-0.3, -0.25) is 0 Å². The normalized spacial score (nSPS) is 18.2. The minimum Gasteiger partial charge on any atom is -0.445 e. The van der Waals surface area contributed by atoms with E-state index in [0.29, 0.717) is 6.61 Å². The fourth-order valence-electron chi connectivity index (χ4n) is 1.71. The van der Waals surface area contributed by atoms with Crippen LogP contribution in [0.15, 0.2) is 30.3 Å². The Morgan fingerprint density at radius 2 is 2.18 bits per heavy atom. The van der Waals surface area contributed by atoms with Gasteiger partial charge in [-0.25, -0.2) is 4.79 Å². The predicted octanol–water partition coefficient (Wildman–Crippen LogP) is 1.70. The third-order valence-electron chi connectivity index (χ3n) is 2.60.